The Labute approximate surface area is 387 Å². The number of amides is 1. The lowest BCUT2D eigenvalue weighted by Gasteiger charge is -2.40. The fourth-order valence-electron chi connectivity index (χ4n) is 11.5. The van der Waals surface area contributed by atoms with Crippen molar-refractivity contribution in [2.45, 2.75) is 103 Å². The van der Waals surface area contributed by atoms with Crippen LogP contribution in [0.3, 0.4) is 0 Å². The molecule has 1 N–H and O–H groups in total. The standard InChI is InChI=1S/C50H58FN11O5/c1-29-20-37(21-30(2)43(29)51)62-44(59-17-16-58(48(59)65)36-9-11-40-35(23-36)27-52-60(40)18-15-56(6)7)38-28-57(14-12-39(38)54-62)45(63)42-24-34-22-32(33-13-19-66-49(4,5)26-33)8-10-41(34)61(42)50(25-31(50)3)46-53-47(64)67-55-46/h8-11,16-17,20,22-24,27,31,33-34,37,41H,12-15,18-19,21,25-26,28H2,1-7H3,(H,53,55,64)/t31-,33-,34?,37?,41?,50-/m0/s1. The molecule has 0 bridgehead atoms. The Bertz CT molecular complexity index is 3110. The van der Waals surface area contributed by atoms with Gasteiger partial charge in [-0.05, 0) is 120 Å². The fraction of sp³-hybridized carbons (Fsp3) is 0.480. The van der Waals surface area contributed by atoms with E-state index in [4.69, 9.17) is 14.4 Å². The Morgan fingerprint density at radius 2 is 1.88 bits per heavy atom. The molecule has 6 atom stereocenters. The van der Waals surface area contributed by atoms with Gasteiger partial charge in [-0.3, -0.25) is 28.1 Å². The van der Waals surface area contributed by atoms with Gasteiger partial charge in [0.1, 0.15) is 22.9 Å². The van der Waals surface area contributed by atoms with E-state index in [0.717, 1.165) is 48.1 Å². The molecule has 2 fully saturated rings. The van der Waals surface area contributed by atoms with Crippen molar-refractivity contribution >= 4 is 16.8 Å². The maximum Gasteiger partial charge on any atom is 0.438 e. The van der Waals surface area contributed by atoms with E-state index >= 15 is 9.18 Å². The minimum absolute atomic E-state index is 0.0706. The molecular weight excluding hydrogens is 854 g/mol. The quantitative estimate of drug-likeness (QED) is 0.170. The smallest absolute Gasteiger partial charge is 0.376 e. The highest BCUT2D eigenvalue weighted by molar-refractivity contribution is 5.94. The summed E-state index contributed by atoms with van der Waals surface area (Å²) in [7, 11) is 4.06. The Balaban J connectivity index is 0.970. The number of hydrogen-bond acceptors (Lipinski definition) is 10. The van der Waals surface area contributed by atoms with E-state index in [2.05, 4.69) is 70.1 Å². The first-order valence-corrected chi connectivity index (χ1v) is 23.6. The number of aromatic amines is 1. The highest BCUT2D eigenvalue weighted by Gasteiger charge is 2.64. The molecule has 1 aromatic carbocycles. The van der Waals surface area contributed by atoms with Crippen molar-refractivity contribution in [1.29, 1.82) is 0 Å². The Morgan fingerprint density at radius 3 is 2.61 bits per heavy atom. The minimum atomic E-state index is -0.754. The molecule has 17 heteroatoms. The predicted octanol–water partition coefficient (Wildman–Crippen LogP) is 6.25. The molecule has 0 spiro atoms. The number of aromatic nitrogens is 8. The number of H-pyrrole nitrogens is 1. The largest absolute Gasteiger partial charge is 0.438 e. The zero-order valence-electron chi connectivity index (χ0n) is 39.2. The Hall–Kier alpha value is -6.33. The summed E-state index contributed by atoms with van der Waals surface area (Å²) in [5, 5.41) is 14.9. The lowest BCUT2D eigenvalue weighted by Crippen LogP contribution is -2.48. The molecule has 16 nitrogen and oxygen atoms in total. The van der Waals surface area contributed by atoms with Crippen LogP contribution in [0.15, 0.2) is 110 Å². The number of carbonyl (C=O) groups excluding carboxylic acids is 1. The van der Waals surface area contributed by atoms with Gasteiger partial charge in [-0.15, -0.1) is 0 Å². The van der Waals surface area contributed by atoms with Crippen LogP contribution in [0.4, 0.5) is 4.39 Å². The summed E-state index contributed by atoms with van der Waals surface area (Å²) in [6.07, 6.45) is 19.4. The lowest BCUT2D eigenvalue weighted by atomic mass is 9.79. The van der Waals surface area contributed by atoms with Crippen molar-refractivity contribution in [3.63, 3.8) is 0 Å². The summed E-state index contributed by atoms with van der Waals surface area (Å²) in [5.74, 6) is 0.248. The summed E-state index contributed by atoms with van der Waals surface area (Å²) in [5.41, 5.74) is 4.86. The van der Waals surface area contributed by atoms with Gasteiger partial charge in [0.2, 0.25) is 0 Å². The van der Waals surface area contributed by atoms with E-state index in [1.807, 2.05) is 58.8 Å². The van der Waals surface area contributed by atoms with Gasteiger partial charge in [0.05, 0.1) is 53.9 Å². The molecule has 7 heterocycles. The lowest BCUT2D eigenvalue weighted by molar-refractivity contribution is -0.130. The molecule has 11 rings (SSSR count). The Kier molecular flexibility index (Phi) is 10.3. The molecule has 1 amide bonds. The van der Waals surface area contributed by atoms with Crippen LogP contribution in [0, 0.1) is 17.8 Å². The normalized spacial score (nSPS) is 26.8. The minimum Gasteiger partial charge on any atom is -0.376 e. The molecule has 3 unspecified atom stereocenters. The molecule has 0 radical (unpaired) electrons. The molecule has 350 valence electrons. The van der Waals surface area contributed by atoms with Gasteiger partial charge < -0.3 is 19.4 Å². The summed E-state index contributed by atoms with van der Waals surface area (Å²) < 4.78 is 33.4. The van der Waals surface area contributed by atoms with Gasteiger partial charge in [-0.25, -0.2) is 18.7 Å². The maximum absolute atomic E-state index is 15.4. The molecule has 3 aliphatic heterocycles. The number of allylic oxidation sites excluding steroid dienone is 6. The highest BCUT2D eigenvalue weighted by Crippen LogP contribution is 2.60. The number of likely N-dealkylation sites (N-methyl/N-ethyl adjacent to an activating group) is 1. The molecule has 3 aliphatic carbocycles. The average molecular weight is 912 g/mol. The van der Waals surface area contributed by atoms with Crippen LogP contribution in [0.25, 0.3) is 22.4 Å². The first-order chi connectivity index (χ1) is 32.1. The number of nitrogens with zero attached hydrogens (tertiary/aromatic N) is 10. The number of carbonyl (C=O) groups is 1. The summed E-state index contributed by atoms with van der Waals surface area (Å²) in [6, 6.07) is 5.33. The molecule has 4 aromatic heterocycles. The third kappa shape index (κ3) is 7.23. The first kappa shape index (κ1) is 43.3. The number of nitrogens with one attached hydrogen (secondary N) is 1. The second kappa shape index (κ2) is 15.9. The van der Waals surface area contributed by atoms with Gasteiger partial charge in [0, 0.05) is 55.4 Å². The number of halogens is 1. The number of fused-ring (bicyclic) bond motifs is 3. The second-order valence-electron chi connectivity index (χ2n) is 20.4. The fourth-order valence-corrected chi connectivity index (χ4v) is 11.5. The van der Waals surface area contributed by atoms with Gasteiger partial charge in [-0.1, -0.05) is 36.4 Å². The predicted molar refractivity (Wildman–Crippen MR) is 249 cm³/mol. The molecule has 5 aromatic rings. The third-order valence-corrected chi connectivity index (χ3v) is 15.1. The SMILES string of the molecule is CC1=CC(n2nc3c(c2-n2ccn(-c4ccc5c(cnn5CCN(C)C)c4)c2=O)CN(C(=O)C2=CC4C=C([C@H]5CCOC(C)(C)C5)C=CC4N2[C@@]2(c4noc(=O)[nH]4)C[C@@H]2C)CC3)CC(C)=C1F. The average Bonchev–Trinajstić information content (AvgIpc) is 3.94. The third-order valence-electron chi connectivity index (χ3n) is 15.1. The van der Waals surface area contributed by atoms with Gasteiger partial charge in [-0.2, -0.15) is 10.2 Å². The van der Waals surface area contributed by atoms with E-state index < -0.39 is 11.3 Å². The summed E-state index contributed by atoms with van der Waals surface area (Å²) in [4.78, 5) is 51.7. The van der Waals surface area contributed by atoms with Crippen LogP contribution in [-0.4, -0.2) is 105 Å². The van der Waals surface area contributed by atoms with Gasteiger partial charge in [0.15, 0.2) is 5.82 Å². The van der Waals surface area contributed by atoms with Crippen molar-refractivity contribution in [2.75, 3.05) is 33.8 Å². The highest BCUT2D eigenvalue weighted by atomic mass is 19.1. The topological polar surface area (TPSA) is 157 Å². The zero-order chi connectivity index (χ0) is 46.7. The van der Waals surface area contributed by atoms with Crippen LogP contribution < -0.4 is 11.4 Å². The van der Waals surface area contributed by atoms with Crippen molar-refractivity contribution in [3.05, 3.63) is 134 Å². The number of imidazole rings is 1. The maximum atomic E-state index is 15.4. The second-order valence-corrected chi connectivity index (χ2v) is 20.4. The monoisotopic (exact) mass is 911 g/mol. The number of ether oxygens (including phenoxy) is 1. The molecular formula is C50H58FN11O5. The Morgan fingerprint density at radius 1 is 1.07 bits per heavy atom. The van der Waals surface area contributed by atoms with Crippen molar-refractivity contribution in [1.82, 2.24) is 53.5 Å². The van der Waals surface area contributed by atoms with E-state index in [1.54, 1.807) is 35.4 Å². The van der Waals surface area contributed by atoms with E-state index in [9.17, 15) is 9.59 Å². The summed E-state index contributed by atoms with van der Waals surface area (Å²) in [6.45, 7) is 12.8. The number of hydrogen-bond donors (Lipinski definition) is 1. The van der Waals surface area contributed by atoms with Gasteiger partial charge in [0.25, 0.3) is 5.91 Å². The number of benzene rings is 1. The van der Waals surface area contributed by atoms with Crippen LogP contribution >= 0.6 is 0 Å². The van der Waals surface area contributed by atoms with E-state index in [0.29, 0.717) is 72.5 Å². The van der Waals surface area contributed by atoms with Crippen LogP contribution in [0.5, 0.6) is 0 Å². The summed E-state index contributed by atoms with van der Waals surface area (Å²) >= 11 is 0. The van der Waals surface area contributed by atoms with E-state index in [1.165, 1.54) is 5.57 Å². The molecule has 1 saturated heterocycles. The first-order valence-electron chi connectivity index (χ1n) is 23.6. The van der Waals surface area contributed by atoms with Crippen LogP contribution in [0.2, 0.25) is 0 Å². The molecule has 1 saturated carbocycles. The van der Waals surface area contributed by atoms with Crippen molar-refractivity contribution < 1.29 is 18.4 Å². The zero-order valence-corrected chi connectivity index (χ0v) is 39.2. The molecule has 6 aliphatic rings. The van der Waals surface area contributed by atoms with Crippen LogP contribution in [-0.2, 0) is 34.6 Å². The number of rotatable bonds is 10. The van der Waals surface area contributed by atoms with Crippen LogP contribution in [0.1, 0.15) is 83.4 Å². The van der Waals surface area contributed by atoms with Gasteiger partial charge >= 0.3 is 11.4 Å². The van der Waals surface area contributed by atoms with Crippen molar-refractivity contribution in [2.24, 2.45) is 17.8 Å². The molecule has 67 heavy (non-hydrogen) atoms. The van der Waals surface area contributed by atoms with E-state index in [-0.39, 0.29) is 53.5 Å². The van der Waals surface area contributed by atoms with Crippen molar-refractivity contribution in [3.8, 4) is 11.5 Å².